The van der Waals surface area contributed by atoms with Gasteiger partial charge in [0.2, 0.25) is 15.9 Å². The van der Waals surface area contributed by atoms with Gasteiger partial charge in [-0.1, -0.05) is 17.7 Å². The number of carbonyl (C=O) groups excluding carboxylic acids is 1. The predicted octanol–water partition coefficient (Wildman–Crippen LogP) is 2.14. The van der Waals surface area contributed by atoms with Crippen LogP contribution in [-0.4, -0.2) is 50.7 Å². The van der Waals surface area contributed by atoms with Gasteiger partial charge in [0.1, 0.15) is 0 Å². The highest BCUT2D eigenvalue weighted by atomic mass is 35.5. The lowest BCUT2D eigenvalue weighted by molar-refractivity contribution is -0.134. The third-order valence-corrected chi connectivity index (χ3v) is 6.33. The molecule has 2 rings (SSSR count). The first-order valence-corrected chi connectivity index (χ1v) is 9.02. The molecule has 0 aliphatic carbocycles. The van der Waals surface area contributed by atoms with Gasteiger partial charge in [-0.2, -0.15) is 4.31 Å². The molecule has 122 valence electrons. The topological polar surface area (TPSA) is 57.7 Å². The van der Waals surface area contributed by atoms with Crippen molar-refractivity contribution in [3.8, 4) is 0 Å². The van der Waals surface area contributed by atoms with Gasteiger partial charge in [0, 0.05) is 38.1 Å². The largest absolute Gasteiger partial charge is 0.349 e. The molecule has 1 aromatic rings. The lowest BCUT2D eigenvalue weighted by Gasteiger charge is -2.31. The number of hydrogen-bond acceptors (Lipinski definition) is 3. The molecule has 7 heteroatoms. The zero-order chi connectivity index (χ0) is 16.5. The maximum Gasteiger partial charge on any atom is 0.243 e. The average molecular weight is 345 g/mol. The summed E-state index contributed by atoms with van der Waals surface area (Å²) >= 11 is 6.03. The fourth-order valence-corrected chi connectivity index (χ4v) is 4.33. The van der Waals surface area contributed by atoms with Gasteiger partial charge < -0.3 is 4.90 Å². The second-order valence-electron chi connectivity index (χ2n) is 5.82. The summed E-state index contributed by atoms with van der Waals surface area (Å²) in [6.45, 7) is 2.55. The lowest BCUT2D eigenvalue weighted by Crippen LogP contribution is -2.42. The molecule has 0 unspecified atom stereocenters. The summed E-state index contributed by atoms with van der Waals surface area (Å²) < 4.78 is 26.7. The molecule has 1 aliphatic rings. The van der Waals surface area contributed by atoms with Crippen molar-refractivity contribution in [2.75, 3.05) is 27.2 Å². The Labute approximate surface area is 136 Å². The highest BCUT2D eigenvalue weighted by molar-refractivity contribution is 7.89. The van der Waals surface area contributed by atoms with Crippen LogP contribution in [0.4, 0.5) is 0 Å². The van der Waals surface area contributed by atoms with E-state index in [0.29, 0.717) is 31.0 Å². The lowest BCUT2D eigenvalue weighted by atomic mass is 9.97. The third kappa shape index (κ3) is 3.45. The fraction of sp³-hybridized carbons (Fsp3) is 0.533. The van der Waals surface area contributed by atoms with Gasteiger partial charge in [0.15, 0.2) is 0 Å². The Morgan fingerprint density at radius 2 is 1.86 bits per heavy atom. The molecule has 0 atom stereocenters. The quantitative estimate of drug-likeness (QED) is 0.844. The highest BCUT2D eigenvalue weighted by Gasteiger charge is 2.32. The molecule has 1 saturated heterocycles. The molecule has 1 aliphatic heterocycles. The minimum Gasteiger partial charge on any atom is -0.349 e. The summed E-state index contributed by atoms with van der Waals surface area (Å²) in [5.41, 5.74) is 0.843. The van der Waals surface area contributed by atoms with E-state index in [9.17, 15) is 13.2 Å². The molecule has 1 fully saturated rings. The molecule has 0 spiro atoms. The van der Waals surface area contributed by atoms with Crippen molar-refractivity contribution < 1.29 is 13.2 Å². The van der Waals surface area contributed by atoms with Gasteiger partial charge in [-0.25, -0.2) is 8.42 Å². The fourth-order valence-electron chi connectivity index (χ4n) is 2.59. The van der Waals surface area contributed by atoms with Crippen molar-refractivity contribution in [3.05, 3.63) is 28.8 Å². The van der Waals surface area contributed by atoms with Crippen LogP contribution in [0.5, 0.6) is 0 Å². The molecule has 5 nitrogen and oxygen atoms in total. The van der Waals surface area contributed by atoms with Gasteiger partial charge >= 0.3 is 0 Å². The van der Waals surface area contributed by atoms with Crippen LogP contribution in [0.2, 0.25) is 5.02 Å². The molecule has 1 aromatic carbocycles. The first-order chi connectivity index (χ1) is 10.2. The number of amides is 1. The number of hydrogen-bond donors (Lipinski definition) is 0. The van der Waals surface area contributed by atoms with Crippen LogP contribution in [0.3, 0.4) is 0 Å². The van der Waals surface area contributed by atoms with E-state index in [-0.39, 0.29) is 16.7 Å². The second-order valence-corrected chi connectivity index (χ2v) is 8.17. The Balaban J connectivity index is 2.12. The van der Waals surface area contributed by atoms with Crippen molar-refractivity contribution in [2.45, 2.75) is 24.7 Å². The van der Waals surface area contributed by atoms with Crippen molar-refractivity contribution in [3.63, 3.8) is 0 Å². The van der Waals surface area contributed by atoms with Crippen LogP contribution < -0.4 is 0 Å². The number of halogens is 1. The maximum absolute atomic E-state index is 12.6. The molecule has 0 radical (unpaired) electrons. The molecular weight excluding hydrogens is 324 g/mol. The zero-order valence-electron chi connectivity index (χ0n) is 13.0. The van der Waals surface area contributed by atoms with Crippen molar-refractivity contribution in [1.29, 1.82) is 0 Å². The molecule has 0 bridgehead atoms. The van der Waals surface area contributed by atoms with Crippen LogP contribution in [0.1, 0.15) is 18.4 Å². The Bertz CT molecular complexity index is 665. The Morgan fingerprint density at radius 1 is 1.27 bits per heavy atom. The highest BCUT2D eigenvalue weighted by Crippen LogP contribution is 2.27. The summed E-state index contributed by atoms with van der Waals surface area (Å²) in [6.07, 6.45) is 1.10. The number of benzene rings is 1. The van der Waals surface area contributed by atoms with E-state index in [1.807, 2.05) is 6.92 Å². The first kappa shape index (κ1) is 17.2. The Kier molecular flexibility index (Phi) is 5.14. The van der Waals surface area contributed by atoms with E-state index in [4.69, 9.17) is 11.6 Å². The number of sulfonamides is 1. The SMILES string of the molecule is Cc1ccc(S(=O)(=O)N2CCC(C(=O)N(C)C)CC2)cc1Cl. The number of piperidine rings is 1. The van der Waals surface area contributed by atoms with E-state index in [2.05, 4.69) is 0 Å². The van der Waals surface area contributed by atoms with Crippen molar-refractivity contribution >= 4 is 27.5 Å². The first-order valence-electron chi connectivity index (χ1n) is 7.21. The maximum atomic E-state index is 12.6. The zero-order valence-corrected chi connectivity index (χ0v) is 14.6. The molecule has 0 saturated carbocycles. The second kappa shape index (κ2) is 6.56. The van der Waals surface area contributed by atoms with Gasteiger partial charge in [-0.3, -0.25) is 4.79 Å². The van der Waals surface area contributed by atoms with Crippen molar-refractivity contribution in [1.82, 2.24) is 9.21 Å². The summed E-state index contributed by atoms with van der Waals surface area (Å²) in [4.78, 5) is 13.7. The molecule has 1 amide bonds. The van der Waals surface area contributed by atoms with Gasteiger partial charge in [0.25, 0.3) is 0 Å². The summed E-state index contributed by atoms with van der Waals surface area (Å²) in [6, 6.07) is 4.77. The molecular formula is C15H21ClN2O3S. The van der Waals surface area contributed by atoms with Crippen LogP contribution in [-0.2, 0) is 14.8 Å². The van der Waals surface area contributed by atoms with E-state index in [1.54, 1.807) is 31.1 Å². The summed E-state index contributed by atoms with van der Waals surface area (Å²) in [7, 11) is -0.103. The molecule has 22 heavy (non-hydrogen) atoms. The standard InChI is InChI=1S/C15H21ClN2O3S/c1-11-4-5-13(10-14(11)16)22(20,21)18-8-6-12(7-9-18)15(19)17(2)3/h4-5,10,12H,6-9H2,1-3H3. The van der Waals surface area contributed by atoms with Gasteiger partial charge in [-0.05, 0) is 37.5 Å². The van der Waals surface area contributed by atoms with Gasteiger partial charge in [0.05, 0.1) is 4.90 Å². The Hall–Kier alpha value is -1.11. The van der Waals surface area contributed by atoms with Crippen molar-refractivity contribution in [2.24, 2.45) is 5.92 Å². The average Bonchev–Trinajstić information content (AvgIpc) is 2.49. The third-order valence-electron chi connectivity index (χ3n) is 4.03. The minimum atomic E-state index is -3.55. The number of aryl methyl sites for hydroxylation is 1. The summed E-state index contributed by atoms with van der Waals surface area (Å²) in [5, 5.41) is 0.443. The number of nitrogens with zero attached hydrogens (tertiary/aromatic N) is 2. The number of carbonyl (C=O) groups is 1. The van der Waals surface area contributed by atoms with Gasteiger partial charge in [-0.15, -0.1) is 0 Å². The van der Waals surface area contributed by atoms with Crippen LogP contribution >= 0.6 is 11.6 Å². The number of rotatable bonds is 3. The van der Waals surface area contributed by atoms with Crippen LogP contribution in [0.15, 0.2) is 23.1 Å². The molecule has 1 heterocycles. The monoisotopic (exact) mass is 344 g/mol. The summed E-state index contributed by atoms with van der Waals surface area (Å²) in [5.74, 6) is -0.0292. The van der Waals surface area contributed by atoms with Crippen LogP contribution in [0.25, 0.3) is 0 Å². The Morgan fingerprint density at radius 3 is 2.36 bits per heavy atom. The molecule has 0 N–H and O–H groups in total. The minimum absolute atomic E-state index is 0.0652. The van der Waals surface area contributed by atoms with E-state index in [1.165, 1.54) is 10.4 Å². The predicted molar refractivity (Wildman–Crippen MR) is 86.4 cm³/mol. The normalized spacial score (nSPS) is 17.5. The molecule has 0 aromatic heterocycles. The van der Waals surface area contributed by atoms with E-state index < -0.39 is 10.0 Å². The van der Waals surface area contributed by atoms with Crippen LogP contribution in [0, 0.1) is 12.8 Å². The van der Waals surface area contributed by atoms with E-state index in [0.717, 1.165) is 5.56 Å². The van der Waals surface area contributed by atoms with E-state index >= 15 is 0 Å². The smallest absolute Gasteiger partial charge is 0.243 e.